The Balaban J connectivity index is 1.38. The van der Waals surface area contributed by atoms with E-state index in [0.29, 0.717) is 37.2 Å². The molecule has 2 aromatic heterocycles. The summed E-state index contributed by atoms with van der Waals surface area (Å²) in [7, 11) is 0. The summed E-state index contributed by atoms with van der Waals surface area (Å²) in [5, 5.41) is 11.2. The van der Waals surface area contributed by atoms with Gasteiger partial charge in [0.2, 0.25) is 11.8 Å². The first kappa shape index (κ1) is 17.9. The van der Waals surface area contributed by atoms with Gasteiger partial charge in [0, 0.05) is 25.2 Å². The van der Waals surface area contributed by atoms with Crippen LogP contribution >= 0.6 is 0 Å². The zero-order chi connectivity index (χ0) is 19.0. The Morgan fingerprint density at radius 1 is 1.26 bits per heavy atom. The van der Waals surface area contributed by atoms with Gasteiger partial charge in [-0.2, -0.15) is 0 Å². The van der Waals surface area contributed by atoms with E-state index in [4.69, 9.17) is 0 Å². The summed E-state index contributed by atoms with van der Waals surface area (Å²) in [5.74, 6) is 1.58. The second kappa shape index (κ2) is 7.29. The summed E-state index contributed by atoms with van der Waals surface area (Å²) < 4.78 is 1.86. The second-order valence-electron chi connectivity index (χ2n) is 8.04. The van der Waals surface area contributed by atoms with Crippen molar-refractivity contribution in [3.05, 3.63) is 30.2 Å². The smallest absolute Gasteiger partial charge is 0.225 e. The molecular formula is C20H27N5O2. The molecule has 1 saturated carbocycles. The third-order valence-corrected chi connectivity index (χ3v) is 6.40. The van der Waals surface area contributed by atoms with Crippen LogP contribution in [0.15, 0.2) is 24.4 Å². The van der Waals surface area contributed by atoms with Gasteiger partial charge in [-0.25, -0.2) is 0 Å². The van der Waals surface area contributed by atoms with Gasteiger partial charge >= 0.3 is 0 Å². The zero-order valence-corrected chi connectivity index (χ0v) is 16.0. The molecule has 0 spiro atoms. The molecule has 1 aliphatic carbocycles. The number of nitrogens with zero attached hydrogens (tertiary/aromatic N) is 4. The molecule has 2 aliphatic rings. The lowest BCUT2D eigenvalue weighted by molar-refractivity contribution is -0.132. The van der Waals surface area contributed by atoms with Crippen LogP contribution in [0.4, 0.5) is 0 Å². The third-order valence-electron chi connectivity index (χ3n) is 6.40. The Labute approximate surface area is 159 Å². The van der Waals surface area contributed by atoms with Crippen LogP contribution in [0.5, 0.6) is 0 Å². The van der Waals surface area contributed by atoms with E-state index in [1.165, 1.54) is 6.42 Å². The molecule has 2 aromatic rings. The fraction of sp³-hybridized carbons (Fsp3) is 0.600. The number of nitrogens with one attached hydrogen (secondary N) is 1. The molecule has 144 valence electrons. The monoisotopic (exact) mass is 369 g/mol. The van der Waals surface area contributed by atoms with Crippen molar-refractivity contribution in [1.29, 1.82) is 0 Å². The summed E-state index contributed by atoms with van der Waals surface area (Å²) >= 11 is 0. The Morgan fingerprint density at radius 3 is 2.96 bits per heavy atom. The summed E-state index contributed by atoms with van der Waals surface area (Å²) in [6, 6.07) is 5.96. The van der Waals surface area contributed by atoms with E-state index in [1.54, 1.807) is 0 Å². The molecule has 2 amide bonds. The normalized spacial score (nSPS) is 28.7. The van der Waals surface area contributed by atoms with Gasteiger partial charge in [-0.05, 0) is 30.4 Å². The average Bonchev–Trinajstić information content (AvgIpc) is 3.26. The first-order chi connectivity index (χ1) is 13.0. The molecule has 0 bridgehead atoms. The van der Waals surface area contributed by atoms with E-state index in [1.807, 2.05) is 33.7 Å². The predicted octanol–water partition coefficient (Wildman–Crippen LogP) is 2.02. The van der Waals surface area contributed by atoms with E-state index in [0.717, 1.165) is 18.5 Å². The first-order valence-electron chi connectivity index (χ1n) is 9.90. The lowest BCUT2D eigenvalue weighted by Gasteiger charge is -2.40. The maximum atomic E-state index is 12.6. The summed E-state index contributed by atoms with van der Waals surface area (Å²) in [6.07, 6.45) is 5.64. The Hall–Kier alpha value is -2.44. The maximum Gasteiger partial charge on any atom is 0.225 e. The molecule has 7 nitrogen and oxygen atoms in total. The van der Waals surface area contributed by atoms with Gasteiger partial charge in [-0.15, -0.1) is 10.2 Å². The Bertz CT molecular complexity index is 848. The van der Waals surface area contributed by atoms with E-state index in [2.05, 4.69) is 29.4 Å². The average molecular weight is 369 g/mol. The van der Waals surface area contributed by atoms with Crippen molar-refractivity contribution < 1.29 is 9.59 Å². The van der Waals surface area contributed by atoms with Gasteiger partial charge in [0.05, 0.1) is 12.5 Å². The van der Waals surface area contributed by atoms with Crippen molar-refractivity contribution in [3.8, 4) is 0 Å². The van der Waals surface area contributed by atoms with Crippen LogP contribution in [0, 0.1) is 17.8 Å². The van der Waals surface area contributed by atoms with Crippen LogP contribution in [-0.2, 0) is 16.1 Å². The van der Waals surface area contributed by atoms with Gasteiger partial charge in [0.1, 0.15) is 0 Å². The van der Waals surface area contributed by atoms with E-state index < -0.39 is 0 Å². The van der Waals surface area contributed by atoms with Crippen molar-refractivity contribution >= 4 is 17.5 Å². The van der Waals surface area contributed by atoms with Crippen molar-refractivity contribution in [2.24, 2.45) is 17.8 Å². The second-order valence-corrected chi connectivity index (χ2v) is 8.04. The van der Waals surface area contributed by atoms with Crippen LogP contribution in [0.3, 0.4) is 0 Å². The molecule has 3 heterocycles. The van der Waals surface area contributed by atoms with Crippen molar-refractivity contribution in [2.75, 3.05) is 6.54 Å². The number of pyridine rings is 1. The van der Waals surface area contributed by atoms with Gasteiger partial charge in [-0.3, -0.25) is 14.0 Å². The van der Waals surface area contributed by atoms with Gasteiger partial charge < -0.3 is 10.2 Å². The largest absolute Gasteiger partial charge is 0.348 e. The standard InChI is InChI=1S/C20H27N5O2/c1-13-6-5-7-16(14(13)2)25-12-15(10-19(25)26)20(27)21-11-18-23-22-17-8-3-4-9-24(17)18/h3-4,8-9,13-16H,5-7,10-12H2,1-2H3,(H,21,27)/t13-,14-,15+,16+/m1/s1. The van der Waals surface area contributed by atoms with Crippen molar-refractivity contribution in [2.45, 2.75) is 52.1 Å². The molecule has 4 atom stereocenters. The van der Waals surface area contributed by atoms with Crippen LogP contribution in [0.25, 0.3) is 5.65 Å². The minimum absolute atomic E-state index is 0.0740. The van der Waals surface area contributed by atoms with Crippen LogP contribution in [0.1, 0.15) is 45.4 Å². The third kappa shape index (κ3) is 3.42. The highest BCUT2D eigenvalue weighted by atomic mass is 16.2. The van der Waals surface area contributed by atoms with Crippen LogP contribution in [-0.4, -0.2) is 43.9 Å². The maximum absolute atomic E-state index is 12.6. The van der Waals surface area contributed by atoms with Gasteiger partial charge in [-0.1, -0.05) is 32.8 Å². The highest BCUT2D eigenvalue weighted by Crippen LogP contribution is 2.35. The Kier molecular flexibility index (Phi) is 4.85. The summed E-state index contributed by atoms with van der Waals surface area (Å²) in [6.45, 7) is 5.36. The fourth-order valence-electron chi connectivity index (χ4n) is 4.54. The molecule has 27 heavy (non-hydrogen) atoms. The first-order valence-corrected chi connectivity index (χ1v) is 9.90. The highest BCUT2D eigenvalue weighted by Gasteiger charge is 2.41. The molecule has 1 N–H and O–H groups in total. The molecule has 0 aromatic carbocycles. The van der Waals surface area contributed by atoms with Gasteiger partial charge in [0.15, 0.2) is 11.5 Å². The van der Waals surface area contributed by atoms with Gasteiger partial charge in [0.25, 0.3) is 0 Å². The molecule has 0 radical (unpaired) electrons. The van der Waals surface area contributed by atoms with E-state index >= 15 is 0 Å². The number of carbonyl (C=O) groups is 2. The molecule has 2 fully saturated rings. The minimum atomic E-state index is -0.277. The predicted molar refractivity (Wildman–Crippen MR) is 101 cm³/mol. The number of hydrogen-bond acceptors (Lipinski definition) is 4. The molecule has 1 aliphatic heterocycles. The topological polar surface area (TPSA) is 79.6 Å². The number of aromatic nitrogens is 3. The number of hydrogen-bond donors (Lipinski definition) is 1. The van der Waals surface area contributed by atoms with E-state index in [-0.39, 0.29) is 23.8 Å². The highest BCUT2D eigenvalue weighted by molar-refractivity contribution is 5.89. The quantitative estimate of drug-likeness (QED) is 0.894. The number of carbonyl (C=O) groups excluding carboxylic acids is 2. The number of likely N-dealkylation sites (tertiary alicyclic amines) is 1. The lowest BCUT2D eigenvalue weighted by atomic mass is 9.77. The van der Waals surface area contributed by atoms with Crippen LogP contribution in [0.2, 0.25) is 0 Å². The van der Waals surface area contributed by atoms with Crippen LogP contribution < -0.4 is 5.32 Å². The summed E-state index contributed by atoms with van der Waals surface area (Å²) in [4.78, 5) is 27.2. The minimum Gasteiger partial charge on any atom is -0.348 e. The number of rotatable bonds is 4. The van der Waals surface area contributed by atoms with Crippen molar-refractivity contribution in [1.82, 2.24) is 24.8 Å². The van der Waals surface area contributed by atoms with E-state index in [9.17, 15) is 9.59 Å². The Morgan fingerprint density at radius 2 is 2.11 bits per heavy atom. The SMILES string of the molecule is C[C@@H]1[C@H](C)CCC[C@@H]1N1C[C@@H](C(=O)NCc2nnc3ccccn23)CC1=O. The van der Waals surface area contributed by atoms with Crippen molar-refractivity contribution in [3.63, 3.8) is 0 Å². The molecule has 0 unspecified atom stereocenters. The summed E-state index contributed by atoms with van der Waals surface area (Å²) in [5.41, 5.74) is 0.754. The lowest BCUT2D eigenvalue weighted by Crippen LogP contribution is -2.45. The number of amides is 2. The zero-order valence-electron chi connectivity index (χ0n) is 16.0. The number of fused-ring (bicyclic) bond motifs is 1. The molecular weight excluding hydrogens is 342 g/mol. The molecule has 1 saturated heterocycles. The fourth-order valence-corrected chi connectivity index (χ4v) is 4.54. The molecule has 4 rings (SSSR count). The molecule has 7 heteroatoms.